The Morgan fingerprint density at radius 3 is 2.65 bits per heavy atom. The highest BCUT2D eigenvalue weighted by Gasteiger charge is 2.46. The number of hydrogen-bond donors (Lipinski definition) is 2. The van der Waals surface area contributed by atoms with E-state index in [9.17, 15) is 4.79 Å². The van der Waals surface area contributed by atoms with Gasteiger partial charge in [-0.2, -0.15) is 0 Å². The van der Waals surface area contributed by atoms with Crippen LogP contribution in [0.15, 0.2) is 24.3 Å². The smallest absolute Gasteiger partial charge is 0.318 e. The van der Waals surface area contributed by atoms with E-state index in [2.05, 4.69) is 18.3 Å². The first kappa shape index (κ1) is 13.3. The van der Waals surface area contributed by atoms with E-state index in [1.807, 2.05) is 23.1 Å². The van der Waals surface area contributed by atoms with E-state index >= 15 is 0 Å². The second-order valence-electron chi connectivity index (χ2n) is 6.31. The quantitative estimate of drug-likeness (QED) is 0.814. The van der Waals surface area contributed by atoms with Crippen molar-refractivity contribution in [2.45, 2.75) is 38.1 Å². The largest absolute Gasteiger partial charge is 0.399 e. The number of nitrogens with one attached hydrogen (secondary N) is 1. The van der Waals surface area contributed by atoms with Crippen LogP contribution in [0, 0.1) is 5.92 Å². The molecule has 1 aromatic rings. The van der Waals surface area contributed by atoms with Crippen LogP contribution in [-0.2, 0) is 5.54 Å². The van der Waals surface area contributed by atoms with E-state index in [-0.39, 0.29) is 11.6 Å². The number of nitrogens with two attached hydrogens (primary N) is 1. The lowest BCUT2D eigenvalue weighted by molar-refractivity contribution is 0.169. The van der Waals surface area contributed by atoms with E-state index in [0.29, 0.717) is 0 Å². The average Bonchev–Trinajstić information content (AvgIpc) is 3.20. The molecule has 0 unspecified atom stereocenters. The maximum atomic E-state index is 12.4. The molecule has 2 amide bonds. The van der Waals surface area contributed by atoms with Gasteiger partial charge in [-0.15, -0.1) is 0 Å². The van der Waals surface area contributed by atoms with E-state index in [0.717, 1.165) is 55.9 Å². The number of anilines is 1. The molecule has 0 atom stereocenters. The van der Waals surface area contributed by atoms with E-state index in [4.69, 9.17) is 5.73 Å². The Kier molecular flexibility index (Phi) is 3.32. The molecule has 3 N–H and O–H groups in total. The fourth-order valence-electron chi connectivity index (χ4n) is 2.94. The molecule has 0 aromatic heterocycles. The average molecular weight is 273 g/mol. The molecule has 1 saturated heterocycles. The second-order valence-corrected chi connectivity index (χ2v) is 6.31. The number of carbonyl (C=O) groups is 1. The third-order valence-corrected chi connectivity index (χ3v) is 4.61. The lowest BCUT2D eigenvalue weighted by Crippen LogP contribution is -2.47. The molecule has 108 valence electrons. The predicted molar refractivity (Wildman–Crippen MR) is 80.3 cm³/mol. The van der Waals surface area contributed by atoms with Crippen LogP contribution in [0.1, 0.15) is 38.2 Å². The fraction of sp³-hybridized carbons (Fsp3) is 0.562. The summed E-state index contributed by atoms with van der Waals surface area (Å²) in [6.07, 6.45) is 4.23. The minimum atomic E-state index is -0.171. The summed E-state index contributed by atoms with van der Waals surface area (Å²) >= 11 is 0. The van der Waals surface area contributed by atoms with Gasteiger partial charge in [0.25, 0.3) is 0 Å². The first-order valence-corrected chi connectivity index (χ1v) is 7.52. The molecule has 2 aliphatic rings. The van der Waals surface area contributed by atoms with Crippen molar-refractivity contribution in [3.8, 4) is 0 Å². The van der Waals surface area contributed by atoms with Gasteiger partial charge in [-0.3, -0.25) is 0 Å². The van der Waals surface area contributed by atoms with Gasteiger partial charge >= 0.3 is 6.03 Å². The summed E-state index contributed by atoms with van der Waals surface area (Å²) in [6.45, 7) is 4.00. The zero-order valence-corrected chi connectivity index (χ0v) is 12.1. The zero-order chi connectivity index (χ0) is 14.2. The molecule has 3 rings (SSSR count). The molecule has 1 aromatic carbocycles. The molecule has 1 saturated carbocycles. The first-order chi connectivity index (χ1) is 9.59. The van der Waals surface area contributed by atoms with Crippen molar-refractivity contribution >= 4 is 11.7 Å². The zero-order valence-electron chi connectivity index (χ0n) is 12.1. The minimum absolute atomic E-state index is 0.0804. The molecule has 2 fully saturated rings. The summed E-state index contributed by atoms with van der Waals surface area (Å²) < 4.78 is 0. The third-order valence-electron chi connectivity index (χ3n) is 4.61. The number of urea groups is 1. The molecule has 0 radical (unpaired) electrons. The number of piperidine rings is 1. The van der Waals surface area contributed by atoms with Crippen molar-refractivity contribution in [1.82, 2.24) is 10.2 Å². The molecule has 20 heavy (non-hydrogen) atoms. The van der Waals surface area contributed by atoms with Crippen LogP contribution in [0.3, 0.4) is 0 Å². The van der Waals surface area contributed by atoms with Gasteiger partial charge in [0, 0.05) is 18.8 Å². The highest BCUT2D eigenvalue weighted by atomic mass is 16.2. The number of likely N-dealkylation sites (tertiary alicyclic amines) is 1. The summed E-state index contributed by atoms with van der Waals surface area (Å²) in [5.41, 5.74) is 7.57. The van der Waals surface area contributed by atoms with Crippen molar-refractivity contribution in [3.05, 3.63) is 29.8 Å². The first-order valence-electron chi connectivity index (χ1n) is 7.52. The van der Waals surface area contributed by atoms with E-state index in [1.54, 1.807) is 0 Å². The van der Waals surface area contributed by atoms with Crippen molar-refractivity contribution in [3.63, 3.8) is 0 Å². The monoisotopic (exact) mass is 273 g/mol. The minimum Gasteiger partial charge on any atom is -0.399 e. The third kappa shape index (κ3) is 2.60. The number of nitrogen functional groups attached to an aromatic ring is 1. The molecule has 4 heteroatoms. The Balaban J connectivity index is 1.66. The van der Waals surface area contributed by atoms with Gasteiger partial charge in [-0.1, -0.05) is 19.1 Å². The summed E-state index contributed by atoms with van der Waals surface area (Å²) in [5.74, 6) is 0.739. The summed E-state index contributed by atoms with van der Waals surface area (Å²) in [7, 11) is 0. The van der Waals surface area contributed by atoms with Gasteiger partial charge in [-0.05, 0) is 49.3 Å². The van der Waals surface area contributed by atoms with Crippen molar-refractivity contribution in [1.29, 1.82) is 0 Å². The van der Waals surface area contributed by atoms with Crippen LogP contribution in [0.5, 0.6) is 0 Å². The molecular formula is C16H23N3O. The van der Waals surface area contributed by atoms with Crippen LogP contribution in [0.2, 0.25) is 0 Å². The topological polar surface area (TPSA) is 58.4 Å². The maximum Gasteiger partial charge on any atom is 0.318 e. The normalized spacial score (nSPS) is 21.6. The van der Waals surface area contributed by atoms with Gasteiger partial charge in [0.15, 0.2) is 0 Å². The van der Waals surface area contributed by atoms with E-state index in [1.165, 1.54) is 0 Å². The van der Waals surface area contributed by atoms with Gasteiger partial charge in [0.05, 0.1) is 5.54 Å². The summed E-state index contributed by atoms with van der Waals surface area (Å²) in [6, 6.07) is 7.96. The van der Waals surface area contributed by atoms with Gasteiger partial charge < -0.3 is 16.0 Å². The van der Waals surface area contributed by atoms with E-state index < -0.39 is 0 Å². The van der Waals surface area contributed by atoms with Gasteiger partial charge in [0.2, 0.25) is 0 Å². The van der Waals surface area contributed by atoms with Crippen LogP contribution in [-0.4, -0.2) is 24.0 Å². The highest BCUT2D eigenvalue weighted by Crippen LogP contribution is 2.46. The van der Waals surface area contributed by atoms with Crippen LogP contribution < -0.4 is 11.1 Å². The molecule has 0 bridgehead atoms. The Morgan fingerprint density at radius 2 is 2.05 bits per heavy atom. The van der Waals surface area contributed by atoms with Crippen molar-refractivity contribution < 1.29 is 4.79 Å². The highest BCUT2D eigenvalue weighted by molar-refractivity contribution is 5.76. The fourth-order valence-corrected chi connectivity index (χ4v) is 2.94. The standard InChI is InChI=1S/C16H23N3O/c1-12-5-9-19(10-6-12)15(20)18-16(7-8-16)13-3-2-4-14(17)11-13/h2-4,11-12H,5-10,17H2,1H3,(H,18,20). The van der Waals surface area contributed by atoms with Crippen LogP contribution >= 0.6 is 0 Å². The van der Waals surface area contributed by atoms with Crippen LogP contribution in [0.25, 0.3) is 0 Å². The van der Waals surface area contributed by atoms with Crippen molar-refractivity contribution in [2.75, 3.05) is 18.8 Å². The lowest BCUT2D eigenvalue weighted by atomic mass is 9.99. The SMILES string of the molecule is CC1CCN(C(=O)NC2(c3cccc(N)c3)CC2)CC1. The number of nitrogens with zero attached hydrogens (tertiary/aromatic N) is 1. The summed E-state index contributed by atoms with van der Waals surface area (Å²) in [5, 5.41) is 3.23. The Labute approximate surface area is 120 Å². The molecule has 0 spiro atoms. The number of benzene rings is 1. The number of amides is 2. The molecule has 1 heterocycles. The lowest BCUT2D eigenvalue weighted by Gasteiger charge is -2.32. The molecule has 1 aliphatic heterocycles. The van der Waals surface area contributed by atoms with Crippen molar-refractivity contribution in [2.24, 2.45) is 5.92 Å². The molecule has 1 aliphatic carbocycles. The van der Waals surface area contributed by atoms with Crippen LogP contribution in [0.4, 0.5) is 10.5 Å². The van der Waals surface area contributed by atoms with Gasteiger partial charge in [0.1, 0.15) is 0 Å². The number of hydrogen-bond acceptors (Lipinski definition) is 2. The maximum absolute atomic E-state index is 12.4. The molecule has 4 nitrogen and oxygen atoms in total. The Bertz CT molecular complexity index is 502. The predicted octanol–water partition coefficient (Wildman–Crippen LogP) is 2.70. The summed E-state index contributed by atoms with van der Waals surface area (Å²) in [4.78, 5) is 14.4. The number of carbonyl (C=O) groups excluding carboxylic acids is 1. The molecular weight excluding hydrogens is 250 g/mol. The Morgan fingerprint density at radius 1 is 1.35 bits per heavy atom. The number of rotatable bonds is 2. The second kappa shape index (κ2) is 5.00. The Hall–Kier alpha value is -1.71. The van der Waals surface area contributed by atoms with Gasteiger partial charge in [-0.25, -0.2) is 4.79 Å².